The third kappa shape index (κ3) is 7.77. The van der Waals surface area contributed by atoms with Crippen LogP contribution < -0.4 is 18.9 Å². The van der Waals surface area contributed by atoms with Gasteiger partial charge in [0.15, 0.2) is 23.0 Å². The van der Waals surface area contributed by atoms with Crippen molar-refractivity contribution in [3.8, 4) is 23.0 Å². The van der Waals surface area contributed by atoms with Gasteiger partial charge >= 0.3 is 11.9 Å². The van der Waals surface area contributed by atoms with Crippen molar-refractivity contribution in [3.05, 3.63) is 59.7 Å². The monoisotopic (exact) mass is 428 g/mol. The summed E-state index contributed by atoms with van der Waals surface area (Å²) in [5.41, 5.74) is 1.34. The van der Waals surface area contributed by atoms with Gasteiger partial charge in [0.05, 0.1) is 27.4 Å². The molecule has 2 rings (SSSR count). The van der Waals surface area contributed by atoms with Gasteiger partial charge in [-0.1, -0.05) is 12.1 Å². The number of carboxylic acid groups (broad SMARTS) is 2. The van der Waals surface area contributed by atoms with Crippen molar-refractivity contribution in [1.82, 2.24) is 0 Å². The number of carboxylic acids is 2. The van der Waals surface area contributed by atoms with Gasteiger partial charge in [0, 0.05) is 18.6 Å². The van der Waals surface area contributed by atoms with E-state index < -0.39 is 11.9 Å². The highest BCUT2D eigenvalue weighted by molar-refractivity contribution is 5.86. The van der Waals surface area contributed by atoms with Crippen LogP contribution in [0.4, 0.5) is 0 Å². The first kappa shape index (κ1) is 23.3. The molecule has 2 aromatic rings. The lowest BCUT2D eigenvalue weighted by Crippen LogP contribution is -2.06. The number of rotatable bonds is 12. The molecule has 8 heteroatoms. The largest absolute Gasteiger partial charge is 0.493 e. The number of hydrogen-bond acceptors (Lipinski definition) is 6. The molecule has 164 valence electrons. The Bertz CT molecular complexity index is 885. The molecule has 0 radical (unpaired) electrons. The van der Waals surface area contributed by atoms with Gasteiger partial charge in [-0.3, -0.25) is 0 Å². The van der Waals surface area contributed by atoms with Gasteiger partial charge in [-0.25, -0.2) is 9.59 Å². The highest BCUT2D eigenvalue weighted by Gasteiger charge is 2.07. The summed E-state index contributed by atoms with van der Waals surface area (Å²) in [5, 5.41) is 17.5. The van der Waals surface area contributed by atoms with E-state index in [1.807, 2.05) is 0 Å². The van der Waals surface area contributed by atoms with Crippen LogP contribution in [0.2, 0.25) is 0 Å². The first-order valence-electron chi connectivity index (χ1n) is 9.36. The molecule has 0 fully saturated rings. The van der Waals surface area contributed by atoms with Gasteiger partial charge in [-0.15, -0.1) is 0 Å². The van der Waals surface area contributed by atoms with E-state index in [2.05, 4.69) is 0 Å². The normalized spacial score (nSPS) is 10.9. The van der Waals surface area contributed by atoms with Crippen molar-refractivity contribution in [2.24, 2.45) is 0 Å². The Labute approximate surface area is 179 Å². The van der Waals surface area contributed by atoms with Crippen LogP contribution in [0.3, 0.4) is 0 Å². The average molecular weight is 428 g/mol. The Balaban J connectivity index is 1.94. The van der Waals surface area contributed by atoms with Gasteiger partial charge in [0.25, 0.3) is 0 Å². The lowest BCUT2D eigenvalue weighted by Gasteiger charge is -2.13. The fraction of sp³-hybridized carbons (Fsp3) is 0.217. The first-order valence-corrected chi connectivity index (χ1v) is 9.36. The first-order chi connectivity index (χ1) is 14.9. The van der Waals surface area contributed by atoms with E-state index in [1.54, 1.807) is 36.4 Å². The number of benzene rings is 2. The highest BCUT2D eigenvalue weighted by atomic mass is 16.5. The van der Waals surface area contributed by atoms with Crippen LogP contribution in [0.15, 0.2) is 48.6 Å². The second-order valence-corrected chi connectivity index (χ2v) is 6.21. The van der Waals surface area contributed by atoms with Crippen molar-refractivity contribution >= 4 is 24.1 Å². The minimum atomic E-state index is -1.03. The highest BCUT2D eigenvalue weighted by Crippen LogP contribution is 2.30. The zero-order valence-corrected chi connectivity index (χ0v) is 17.2. The minimum absolute atomic E-state index is 0.337. The second-order valence-electron chi connectivity index (χ2n) is 6.21. The summed E-state index contributed by atoms with van der Waals surface area (Å²) >= 11 is 0. The van der Waals surface area contributed by atoms with E-state index in [1.165, 1.54) is 26.4 Å². The lowest BCUT2D eigenvalue weighted by molar-refractivity contribution is -0.132. The van der Waals surface area contributed by atoms with Gasteiger partial charge < -0.3 is 29.2 Å². The molecule has 0 aliphatic carbocycles. The molecule has 0 spiro atoms. The van der Waals surface area contributed by atoms with Crippen LogP contribution in [0.1, 0.15) is 17.5 Å². The van der Waals surface area contributed by atoms with Crippen molar-refractivity contribution in [2.45, 2.75) is 6.42 Å². The maximum atomic E-state index is 10.7. The number of ether oxygens (including phenoxy) is 4. The quantitative estimate of drug-likeness (QED) is 0.388. The van der Waals surface area contributed by atoms with E-state index in [0.717, 1.165) is 12.2 Å². The van der Waals surface area contributed by atoms with Crippen LogP contribution in [0, 0.1) is 0 Å². The zero-order valence-electron chi connectivity index (χ0n) is 17.2. The molecule has 0 saturated carbocycles. The van der Waals surface area contributed by atoms with E-state index >= 15 is 0 Å². The molecule has 0 saturated heterocycles. The van der Waals surface area contributed by atoms with Gasteiger partial charge in [-0.2, -0.15) is 0 Å². The number of methoxy groups -OCH3 is 2. The summed E-state index contributed by atoms with van der Waals surface area (Å²) in [5.74, 6) is -0.00965. The predicted octanol–water partition coefficient (Wildman–Crippen LogP) is 3.75. The Morgan fingerprint density at radius 2 is 1.16 bits per heavy atom. The summed E-state index contributed by atoms with van der Waals surface area (Å²) in [7, 11) is 3.05. The summed E-state index contributed by atoms with van der Waals surface area (Å²) in [6, 6.07) is 10.3. The van der Waals surface area contributed by atoms with Gasteiger partial charge in [0.2, 0.25) is 0 Å². The molecule has 8 nitrogen and oxygen atoms in total. The third-order valence-corrected chi connectivity index (χ3v) is 4.02. The Morgan fingerprint density at radius 3 is 1.52 bits per heavy atom. The van der Waals surface area contributed by atoms with Crippen molar-refractivity contribution in [3.63, 3.8) is 0 Å². The zero-order chi connectivity index (χ0) is 22.6. The third-order valence-electron chi connectivity index (χ3n) is 4.02. The molecule has 2 aromatic carbocycles. The van der Waals surface area contributed by atoms with Crippen LogP contribution in [0.5, 0.6) is 23.0 Å². The summed E-state index contributed by atoms with van der Waals surface area (Å²) in [6.07, 6.45) is 5.58. The van der Waals surface area contributed by atoms with Crippen LogP contribution in [-0.2, 0) is 9.59 Å². The number of hydrogen-bond donors (Lipinski definition) is 2. The molecule has 0 atom stereocenters. The molecule has 0 unspecified atom stereocenters. The summed E-state index contributed by atoms with van der Waals surface area (Å²) < 4.78 is 22.1. The maximum absolute atomic E-state index is 10.7. The standard InChI is InChI=1S/C23H24O8/c1-28-18-8-4-16(6-10-22(24)25)14-20(18)30-12-3-13-31-21-15-17(7-11-23(26)27)5-9-19(21)29-2/h4-11,14-15H,3,12-13H2,1-2H3,(H,24,25)(H,26,27). The molecule has 0 aliphatic heterocycles. The van der Waals surface area contributed by atoms with E-state index in [0.29, 0.717) is 53.8 Å². The summed E-state index contributed by atoms with van der Waals surface area (Å²) in [4.78, 5) is 21.4. The summed E-state index contributed by atoms with van der Waals surface area (Å²) in [6.45, 7) is 0.673. The van der Waals surface area contributed by atoms with Crippen molar-refractivity contribution in [2.75, 3.05) is 27.4 Å². The molecule has 0 heterocycles. The fourth-order valence-electron chi connectivity index (χ4n) is 2.58. The molecule has 0 amide bonds. The van der Waals surface area contributed by atoms with E-state index in [4.69, 9.17) is 29.2 Å². The van der Waals surface area contributed by atoms with Gasteiger partial charge in [-0.05, 0) is 47.5 Å². The molecule has 31 heavy (non-hydrogen) atoms. The van der Waals surface area contributed by atoms with Crippen LogP contribution in [-0.4, -0.2) is 49.6 Å². The number of aliphatic carboxylic acids is 2. The Hall–Kier alpha value is -3.94. The molecule has 0 aliphatic rings. The average Bonchev–Trinajstić information content (AvgIpc) is 2.76. The maximum Gasteiger partial charge on any atom is 0.328 e. The van der Waals surface area contributed by atoms with E-state index in [-0.39, 0.29) is 0 Å². The molecule has 0 bridgehead atoms. The Morgan fingerprint density at radius 1 is 0.742 bits per heavy atom. The minimum Gasteiger partial charge on any atom is -0.493 e. The fourth-order valence-corrected chi connectivity index (χ4v) is 2.58. The Kier molecular flexibility index (Phi) is 8.97. The molecule has 0 aromatic heterocycles. The number of carbonyl (C=O) groups is 2. The van der Waals surface area contributed by atoms with E-state index in [9.17, 15) is 9.59 Å². The second kappa shape index (κ2) is 11.9. The smallest absolute Gasteiger partial charge is 0.328 e. The van der Waals surface area contributed by atoms with Crippen molar-refractivity contribution in [1.29, 1.82) is 0 Å². The lowest BCUT2D eigenvalue weighted by atomic mass is 10.2. The van der Waals surface area contributed by atoms with Crippen LogP contribution in [0.25, 0.3) is 12.2 Å². The predicted molar refractivity (Wildman–Crippen MR) is 115 cm³/mol. The molecular formula is C23H24O8. The molecular weight excluding hydrogens is 404 g/mol. The topological polar surface area (TPSA) is 112 Å². The SMILES string of the molecule is COc1ccc(C=CC(=O)O)cc1OCCCOc1cc(C=CC(=O)O)ccc1OC. The van der Waals surface area contributed by atoms with Gasteiger partial charge in [0.1, 0.15) is 0 Å². The van der Waals surface area contributed by atoms with Crippen LogP contribution >= 0.6 is 0 Å². The van der Waals surface area contributed by atoms with Crippen molar-refractivity contribution < 1.29 is 38.7 Å². The molecule has 2 N–H and O–H groups in total.